The van der Waals surface area contributed by atoms with Crippen molar-refractivity contribution in [1.29, 1.82) is 0 Å². The molecule has 0 bridgehead atoms. The molecule has 1 aliphatic carbocycles. The highest BCUT2D eigenvalue weighted by Gasteiger charge is 2.32. The minimum absolute atomic E-state index is 0.0144. The molecule has 0 saturated heterocycles. The van der Waals surface area contributed by atoms with Crippen molar-refractivity contribution in [3.8, 4) is 0 Å². The van der Waals surface area contributed by atoms with Gasteiger partial charge in [-0.1, -0.05) is 19.1 Å². The van der Waals surface area contributed by atoms with Crippen LogP contribution in [0.3, 0.4) is 0 Å². The second kappa shape index (κ2) is 6.84. The lowest BCUT2D eigenvalue weighted by Gasteiger charge is -2.23. The van der Waals surface area contributed by atoms with Crippen LogP contribution in [-0.2, 0) is 11.2 Å². The van der Waals surface area contributed by atoms with Crippen LogP contribution in [0.25, 0.3) is 0 Å². The lowest BCUT2D eigenvalue weighted by Crippen LogP contribution is -2.36. The fourth-order valence-electron chi connectivity index (χ4n) is 2.56. The van der Waals surface area contributed by atoms with Crippen molar-refractivity contribution in [2.24, 2.45) is 5.92 Å². The highest BCUT2D eigenvalue weighted by atomic mass is 19.1. The number of hydrogen-bond donors (Lipinski definition) is 1. The molecule has 0 aliphatic heterocycles. The van der Waals surface area contributed by atoms with E-state index in [1.165, 1.54) is 12.1 Å². The maximum atomic E-state index is 13.1. The van der Waals surface area contributed by atoms with Gasteiger partial charge in [-0.15, -0.1) is 0 Å². The Kier molecular flexibility index (Phi) is 5.12. The third kappa shape index (κ3) is 4.30. The van der Waals surface area contributed by atoms with Crippen molar-refractivity contribution in [2.45, 2.75) is 38.6 Å². The zero-order valence-corrected chi connectivity index (χ0v) is 11.9. The lowest BCUT2D eigenvalue weighted by atomic mass is 9.97. The topological polar surface area (TPSA) is 40.5 Å². The van der Waals surface area contributed by atoms with Crippen LogP contribution in [0.4, 0.5) is 4.39 Å². The van der Waals surface area contributed by atoms with Crippen LogP contribution in [0.1, 0.15) is 31.7 Å². The van der Waals surface area contributed by atoms with E-state index in [-0.39, 0.29) is 24.2 Å². The summed E-state index contributed by atoms with van der Waals surface area (Å²) < 4.78 is 13.1. The molecule has 1 atom stereocenters. The van der Waals surface area contributed by atoms with Crippen molar-refractivity contribution in [3.63, 3.8) is 0 Å². The predicted molar refractivity (Wildman–Crippen MR) is 75.7 cm³/mol. The SMILES string of the molecule is CC(CC(=O)N(CCO)C1CC1)Cc1cccc(F)c1. The van der Waals surface area contributed by atoms with Gasteiger partial charge in [0, 0.05) is 19.0 Å². The molecule has 0 aromatic heterocycles. The van der Waals surface area contributed by atoms with E-state index in [0.717, 1.165) is 18.4 Å². The van der Waals surface area contributed by atoms with Gasteiger partial charge in [0.2, 0.25) is 5.91 Å². The number of aliphatic hydroxyl groups is 1. The zero-order chi connectivity index (χ0) is 14.5. The summed E-state index contributed by atoms with van der Waals surface area (Å²) >= 11 is 0. The van der Waals surface area contributed by atoms with Gasteiger partial charge in [-0.3, -0.25) is 4.79 Å². The number of carbonyl (C=O) groups is 1. The third-order valence-corrected chi connectivity index (χ3v) is 3.65. The summed E-state index contributed by atoms with van der Waals surface area (Å²) in [6.07, 6.45) is 3.24. The quantitative estimate of drug-likeness (QED) is 0.832. The molecule has 1 N–H and O–H groups in total. The highest BCUT2D eigenvalue weighted by molar-refractivity contribution is 5.77. The van der Waals surface area contributed by atoms with Crippen LogP contribution in [0.5, 0.6) is 0 Å². The summed E-state index contributed by atoms with van der Waals surface area (Å²) in [6, 6.07) is 6.86. The number of nitrogens with zero attached hydrogens (tertiary/aromatic N) is 1. The second-order valence-corrected chi connectivity index (χ2v) is 5.69. The van der Waals surface area contributed by atoms with Crippen LogP contribution in [0, 0.1) is 11.7 Å². The summed E-state index contributed by atoms with van der Waals surface area (Å²) in [5.74, 6) is 0.0376. The second-order valence-electron chi connectivity index (χ2n) is 5.69. The minimum Gasteiger partial charge on any atom is -0.395 e. The number of carbonyl (C=O) groups excluding carboxylic acids is 1. The zero-order valence-electron chi connectivity index (χ0n) is 11.9. The van der Waals surface area contributed by atoms with Gasteiger partial charge in [0.15, 0.2) is 0 Å². The molecule has 1 aromatic rings. The molecule has 1 unspecified atom stereocenters. The largest absolute Gasteiger partial charge is 0.395 e. The molecular weight excluding hydrogens is 257 g/mol. The Balaban J connectivity index is 1.86. The first-order chi connectivity index (χ1) is 9.60. The molecule has 0 heterocycles. The molecule has 1 amide bonds. The number of benzene rings is 1. The van der Waals surface area contributed by atoms with Crippen molar-refractivity contribution in [3.05, 3.63) is 35.6 Å². The summed E-state index contributed by atoms with van der Waals surface area (Å²) in [6.45, 7) is 2.45. The first kappa shape index (κ1) is 15.0. The number of aliphatic hydroxyl groups excluding tert-OH is 1. The van der Waals surface area contributed by atoms with Gasteiger partial charge < -0.3 is 10.0 Å². The fraction of sp³-hybridized carbons (Fsp3) is 0.562. The number of hydrogen-bond acceptors (Lipinski definition) is 2. The molecule has 0 spiro atoms. The molecule has 20 heavy (non-hydrogen) atoms. The molecular formula is C16H22FNO2. The molecule has 2 rings (SSSR count). The van der Waals surface area contributed by atoms with Gasteiger partial charge >= 0.3 is 0 Å². The van der Waals surface area contributed by atoms with E-state index in [2.05, 4.69) is 0 Å². The smallest absolute Gasteiger partial charge is 0.223 e. The molecule has 0 radical (unpaired) electrons. The Labute approximate surface area is 119 Å². The summed E-state index contributed by atoms with van der Waals surface area (Å²) in [4.78, 5) is 14.0. The van der Waals surface area contributed by atoms with Crippen LogP contribution in [0.15, 0.2) is 24.3 Å². The maximum Gasteiger partial charge on any atom is 0.223 e. The van der Waals surface area contributed by atoms with Crippen molar-refractivity contribution in [1.82, 2.24) is 4.90 Å². The van der Waals surface area contributed by atoms with E-state index < -0.39 is 0 Å². The van der Waals surface area contributed by atoms with Crippen LogP contribution in [-0.4, -0.2) is 35.1 Å². The molecule has 1 aromatic carbocycles. The van der Waals surface area contributed by atoms with Crippen molar-refractivity contribution >= 4 is 5.91 Å². The fourth-order valence-corrected chi connectivity index (χ4v) is 2.56. The summed E-state index contributed by atoms with van der Waals surface area (Å²) in [5, 5.41) is 9.03. The number of amides is 1. The van der Waals surface area contributed by atoms with Gasteiger partial charge in [0.1, 0.15) is 5.82 Å². The van der Waals surface area contributed by atoms with E-state index in [0.29, 0.717) is 25.4 Å². The summed E-state index contributed by atoms with van der Waals surface area (Å²) in [5.41, 5.74) is 0.922. The molecule has 3 nitrogen and oxygen atoms in total. The van der Waals surface area contributed by atoms with E-state index in [9.17, 15) is 9.18 Å². The van der Waals surface area contributed by atoms with E-state index in [1.54, 1.807) is 11.0 Å². The Morgan fingerprint density at radius 2 is 2.25 bits per heavy atom. The Morgan fingerprint density at radius 3 is 2.85 bits per heavy atom. The summed E-state index contributed by atoms with van der Waals surface area (Å²) in [7, 11) is 0. The molecule has 110 valence electrons. The highest BCUT2D eigenvalue weighted by Crippen LogP contribution is 2.28. The molecule has 4 heteroatoms. The van der Waals surface area contributed by atoms with Crippen LogP contribution < -0.4 is 0 Å². The van der Waals surface area contributed by atoms with Crippen LogP contribution >= 0.6 is 0 Å². The van der Waals surface area contributed by atoms with Crippen LogP contribution in [0.2, 0.25) is 0 Å². The van der Waals surface area contributed by atoms with E-state index in [1.807, 2.05) is 13.0 Å². The minimum atomic E-state index is -0.235. The van der Waals surface area contributed by atoms with Gasteiger partial charge in [-0.25, -0.2) is 4.39 Å². The molecule has 1 fully saturated rings. The normalized spacial score (nSPS) is 15.9. The Bertz CT molecular complexity index is 460. The van der Waals surface area contributed by atoms with E-state index in [4.69, 9.17) is 5.11 Å². The number of rotatable bonds is 7. The third-order valence-electron chi connectivity index (χ3n) is 3.65. The van der Waals surface area contributed by atoms with Gasteiger partial charge in [-0.2, -0.15) is 0 Å². The first-order valence-electron chi connectivity index (χ1n) is 7.25. The molecule has 1 saturated carbocycles. The van der Waals surface area contributed by atoms with Crippen molar-refractivity contribution < 1.29 is 14.3 Å². The Hall–Kier alpha value is -1.42. The lowest BCUT2D eigenvalue weighted by molar-refractivity contribution is -0.133. The first-order valence-corrected chi connectivity index (χ1v) is 7.25. The van der Waals surface area contributed by atoms with Gasteiger partial charge in [-0.05, 0) is 42.9 Å². The van der Waals surface area contributed by atoms with Gasteiger partial charge in [0.05, 0.1) is 6.61 Å². The average molecular weight is 279 g/mol. The monoisotopic (exact) mass is 279 g/mol. The number of halogens is 1. The average Bonchev–Trinajstić information content (AvgIpc) is 3.19. The van der Waals surface area contributed by atoms with E-state index >= 15 is 0 Å². The maximum absolute atomic E-state index is 13.1. The predicted octanol–water partition coefficient (Wildman–Crippen LogP) is 2.38. The molecule has 1 aliphatic rings. The standard InChI is InChI=1S/C16H22FNO2/c1-12(9-13-3-2-4-14(17)11-13)10-16(20)18(7-8-19)15-5-6-15/h2-4,11-12,15,19H,5-10H2,1H3. The van der Waals surface area contributed by atoms with Crippen molar-refractivity contribution in [2.75, 3.05) is 13.2 Å². The van der Waals surface area contributed by atoms with Gasteiger partial charge in [0.25, 0.3) is 0 Å². The Morgan fingerprint density at radius 1 is 1.50 bits per heavy atom.